The molecule has 3 atom stereocenters. The minimum absolute atomic E-state index is 0.410. The molecule has 2 saturated heterocycles. The molecule has 2 amide bonds. The van der Waals surface area contributed by atoms with Crippen LogP contribution in [0, 0.1) is 30.3 Å². The van der Waals surface area contributed by atoms with E-state index in [1.807, 2.05) is 0 Å². The van der Waals surface area contributed by atoms with Gasteiger partial charge in [0.15, 0.2) is 5.56 Å². The van der Waals surface area contributed by atoms with Crippen molar-refractivity contribution in [3.05, 3.63) is 48.0 Å². The summed E-state index contributed by atoms with van der Waals surface area (Å²) in [5.41, 5.74) is -6.10. The number of benzene rings is 1. The Labute approximate surface area is 182 Å². The Morgan fingerprint density at radius 3 is 1.97 bits per heavy atom. The van der Waals surface area contributed by atoms with Gasteiger partial charge in [-0.25, -0.2) is 4.79 Å². The van der Waals surface area contributed by atoms with E-state index in [0.717, 1.165) is 16.7 Å². The fraction of sp³-hybridized carbons (Fsp3) is 0.438. The first-order valence-electron chi connectivity index (χ1n) is 8.80. The number of carbonyl (C=O) groups excluding carboxylic acids is 2. The third-order valence-corrected chi connectivity index (χ3v) is 7.05. The first-order chi connectivity index (χ1) is 14.6. The lowest BCUT2D eigenvalue weighted by atomic mass is 9.86. The molecule has 0 aromatic heterocycles. The monoisotopic (exact) mass is 469 g/mol. The Morgan fingerprint density at radius 2 is 1.56 bits per heavy atom. The molecule has 2 aliphatic rings. The standard InChI is InChI=1S/C16H15N5O10S/c1-15(2)10(12(23)24)18-13(25)16(3,14(18)32-15)17-11(22)9-7(20(28)29)4-6(19(26)27)5-8(9)21(30)31/h4-5,10,14H,1-3H3,(H,17,22)(H,23,24)/t10-,14+,16-/m0/s1. The maximum Gasteiger partial charge on any atom is 0.327 e. The van der Waals surface area contributed by atoms with Crippen molar-refractivity contribution in [1.29, 1.82) is 0 Å². The molecule has 0 radical (unpaired) electrons. The van der Waals surface area contributed by atoms with Crippen LogP contribution in [0.5, 0.6) is 0 Å². The second kappa shape index (κ2) is 7.11. The quantitative estimate of drug-likeness (QED) is 0.341. The van der Waals surface area contributed by atoms with Gasteiger partial charge in [0.05, 0.1) is 26.9 Å². The van der Waals surface area contributed by atoms with Crippen LogP contribution in [0.25, 0.3) is 0 Å². The lowest BCUT2D eigenvalue weighted by Gasteiger charge is -2.51. The van der Waals surface area contributed by atoms with Crippen molar-refractivity contribution in [1.82, 2.24) is 10.2 Å². The number of thioether (sulfide) groups is 1. The van der Waals surface area contributed by atoms with Gasteiger partial charge in [-0.3, -0.25) is 39.9 Å². The van der Waals surface area contributed by atoms with Gasteiger partial charge in [0.25, 0.3) is 28.9 Å². The number of nitrogens with one attached hydrogen (secondary N) is 1. The molecule has 2 N–H and O–H groups in total. The molecule has 0 saturated carbocycles. The smallest absolute Gasteiger partial charge is 0.327 e. The van der Waals surface area contributed by atoms with Crippen molar-refractivity contribution in [3.63, 3.8) is 0 Å². The van der Waals surface area contributed by atoms with Gasteiger partial charge < -0.3 is 15.3 Å². The Bertz CT molecular complexity index is 1090. The number of amides is 2. The Balaban J connectivity index is 2.04. The third-order valence-electron chi connectivity index (χ3n) is 5.30. The molecule has 16 heteroatoms. The Morgan fingerprint density at radius 1 is 1.06 bits per heavy atom. The van der Waals surface area contributed by atoms with Crippen LogP contribution in [0.15, 0.2) is 12.1 Å². The fourth-order valence-corrected chi connectivity index (χ4v) is 5.51. The molecule has 0 spiro atoms. The van der Waals surface area contributed by atoms with E-state index < -0.39 is 76.9 Å². The second-order valence-electron chi connectivity index (χ2n) is 7.81. The summed E-state index contributed by atoms with van der Waals surface area (Å²) < 4.78 is -0.931. The predicted octanol–water partition coefficient (Wildman–Crippen LogP) is 1.05. The zero-order valence-electron chi connectivity index (χ0n) is 16.6. The van der Waals surface area contributed by atoms with Gasteiger partial charge >= 0.3 is 5.97 Å². The summed E-state index contributed by atoms with van der Waals surface area (Å²) in [5, 5.41) is 44.7. The topological polar surface area (TPSA) is 216 Å². The number of carbonyl (C=O) groups is 3. The number of aliphatic carboxylic acids is 1. The van der Waals surface area contributed by atoms with Crippen LogP contribution in [0.1, 0.15) is 31.1 Å². The molecule has 15 nitrogen and oxygen atoms in total. The van der Waals surface area contributed by atoms with E-state index in [2.05, 4.69) is 5.32 Å². The number of carboxylic acids is 1. The van der Waals surface area contributed by atoms with Crippen molar-refractivity contribution in [2.24, 2.45) is 0 Å². The average molecular weight is 469 g/mol. The summed E-state index contributed by atoms with van der Waals surface area (Å²) in [5.74, 6) is -3.41. The van der Waals surface area contributed by atoms with E-state index in [1.54, 1.807) is 13.8 Å². The van der Waals surface area contributed by atoms with Gasteiger partial charge in [-0.1, -0.05) is 0 Å². The van der Waals surface area contributed by atoms with Gasteiger partial charge in [-0.05, 0) is 20.8 Å². The van der Waals surface area contributed by atoms with Crippen LogP contribution in [0.3, 0.4) is 0 Å². The number of non-ortho nitro benzene ring substituents is 1. The van der Waals surface area contributed by atoms with Crippen LogP contribution in [0.2, 0.25) is 0 Å². The van der Waals surface area contributed by atoms with Crippen LogP contribution in [-0.4, -0.2) is 64.3 Å². The van der Waals surface area contributed by atoms with E-state index in [1.165, 1.54) is 6.92 Å². The van der Waals surface area contributed by atoms with E-state index in [4.69, 9.17) is 0 Å². The van der Waals surface area contributed by atoms with Crippen molar-refractivity contribution in [3.8, 4) is 0 Å². The molecule has 2 heterocycles. The molecule has 1 aromatic rings. The number of hydrogen-bond donors (Lipinski definition) is 2. The minimum atomic E-state index is -1.72. The zero-order chi connectivity index (χ0) is 24.3. The summed E-state index contributed by atoms with van der Waals surface area (Å²) in [6.45, 7) is 4.46. The summed E-state index contributed by atoms with van der Waals surface area (Å²) >= 11 is 1.08. The molecule has 0 unspecified atom stereocenters. The molecule has 0 bridgehead atoms. The molecule has 1 aromatic carbocycles. The highest BCUT2D eigenvalue weighted by Gasteiger charge is 2.70. The summed E-state index contributed by atoms with van der Waals surface area (Å²) in [6, 6.07) is -0.377. The largest absolute Gasteiger partial charge is 0.480 e. The number of nitro benzene ring substituents is 3. The van der Waals surface area contributed by atoms with Gasteiger partial charge in [0, 0.05) is 4.75 Å². The van der Waals surface area contributed by atoms with E-state index in [0.29, 0.717) is 12.1 Å². The van der Waals surface area contributed by atoms with Crippen LogP contribution >= 0.6 is 11.8 Å². The molecular weight excluding hydrogens is 454 g/mol. The van der Waals surface area contributed by atoms with Gasteiger partial charge in [0.1, 0.15) is 17.0 Å². The predicted molar refractivity (Wildman–Crippen MR) is 106 cm³/mol. The van der Waals surface area contributed by atoms with E-state index >= 15 is 0 Å². The number of β-lactam (4-membered cyclic amide) rings is 1. The van der Waals surface area contributed by atoms with Crippen molar-refractivity contribution in [2.45, 2.75) is 42.5 Å². The van der Waals surface area contributed by atoms with Gasteiger partial charge in [-0.2, -0.15) is 0 Å². The number of carboxylic acid groups (broad SMARTS) is 1. The van der Waals surface area contributed by atoms with Crippen LogP contribution < -0.4 is 5.32 Å². The number of hydrogen-bond acceptors (Lipinski definition) is 10. The molecule has 0 aliphatic carbocycles. The van der Waals surface area contributed by atoms with Crippen LogP contribution in [-0.2, 0) is 9.59 Å². The molecule has 3 rings (SSSR count). The van der Waals surface area contributed by atoms with E-state index in [-0.39, 0.29) is 0 Å². The number of rotatable bonds is 6. The van der Waals surface area contributed by atoms with Crippen molar-refractivity contribution in [2.75, 3.05) is 0 Å². The van der Waals surface area contributed by atoms with Crippen molar-refractivity contribution >= 4 is 46.6 Å². The minimum Gasteiger partial charge on any atom is -0.480 e. The van der Waals surface area contributed by atoms with Crippen LogP contribution in [0.4, 0.5) is 17.1 Å². The second-order valence-corrected chi connectivity index (χ2v) is 9.55. The highest BCUT2D eigenvalue weighted by molar-refractivity contribution is 8.01. The number of nitro groups is 3. The zero-order valence-corrected chi connectivity index (χ0v) is 17.4. The molecule has 32 heavy (non-hydrogen) atoms. The normalized spacial score (nSPS) is 25.5. The SMILES string of the molecule is CC1(C)S[C@H]2N(C(=O)[C@]2(C)NC(=O)c2c([N+](=O)[O-])cc([N+](=O)[O-])cc2[N+](=O)[O-])[C@H]1C(=O)O. The first-order valence-corrected chi connectivity index (χ1v) is 9.68. The van der Waals surface area contributed by atoms with Gasteiger partial charge in [-0.15, -0.1) is 11.8 Å². The van der Waals surface area contributed by atoms with Crippen molar-refractivity contribution < 1.29 is 34.3 Å². The summed E-state index contributed by atoms with van der Waals surface area (Å²) in [4.78, 5) is 68.8. The molecule has 170 valence electrons. The number of fused-ring (bicyclic) bond motifs is 1. The Hall–Kier alpha value is -3.82. The third kappa shape index (κ3) is 3.19. The lowest BCUT2D eigenvalue weighted by Crippen LogP contribution is -2.78. The lowest BCUT2D eigenvalue weighted by molar-refractivity contribution is -0.403. The highest BCUT2D eigenvalue weighted by atomic mass is 32.2. The maximum absolute atomic E-state index is 12.9. The molecule has 2 fully saturated rings. The fourth-order valence-electron chi connectivity index (χ4n) is 3.86. The van der Waals surface area contributed by atoms with E-state index in [9.17, 15) is 49.8 Å². The summed E-state index contributed by atoms with van der Waals surface area (Å²) in [7, 11) is 0. The average Bonchev–Trinajstić information content (AvgIpc) is 2.95. The number of nitrogens with zero attached hydrogens (tertiary/aromatic N) is 4. The first kappa shape index (κ1) is 22.9. The Kier molecular flexibility index (Phi) is 5.08. The molecule has 2 aliphatic heterocycles. The summed E-state index contributed by atoms with van der Waals surface area (Å²) in [6.07, 6.45) is 0. The highest BCUT2D eigenvalue weighted by Crippen LogP contribution is 2.54. The molecular formula is C16H15N5O10S. The maximum atomic E-state index is 12.9. The van der Waals surface area contributed by atoms with Gasteiger partial charge in [0.2, 0.25) is 0 Å².